The van der Waals surface area contributed by atoms with E-state index in [1.54, 1.807) is 30.3 Å². The summed E-state index contributed by atoms with van der Waals surface area (Å²) in [5.74, 6) is -0.387. The first-order valence-electron chi connectivity index (χ1n) is 6.18. The molecule has 0 spiro atoms. The van der Waals surface area contributed by atoms with Crippen molar-refractivity contribution >= 4 is 15.5 Å². The maximum absolute atomic E-state index is 12.4. The average Bonchev–Trinajstić information content (AvgIpc) is 2.47. The van der Waals surface area contributed by atoms with Crippen LogP contribution < -0.4 is 5.73 Å². The van der Waals surface area contributed by atoms with E-state index in [9.17, 15) is 18.5 Å². The van der Waals surface area contributed by atoms with Gasteiger partial charge in [0, 0.05) is 12.1 Å². The minimum Gasteiger partial charge on any atom is -0.323 e. The fourth-order valence-electron chi connectivity index (χ4n) is 1.99. The van der Waals surface area contributed by atoms with Crippen LogP contribution in [0.2, 0.25) is 0 Å². The normalized spacial score (nSPS) is 12.8. The number of hydrogen-bond donors (Lipinski definition) is 1. The first-order chi connectivity index (χ1) is 9.92. The zero-order valence-corrected chi connectivity index (χ0v) is 11.9. The molecule has 1 unspecified atom stereocenters. The molecule has 0 saturated heterocycles. The first-order valence-corrected chi connectivity index (χ1v) is 7.84. The Morgan fingerprint density at radius 1 is 1.05 bits per heavy atom. The molecule has 2 aromatic rings. The van der Waals surface area contributed by atoms with Crippen molar-refractivity contribution in [2.75, 3.05) is 5.75 Å². The molecule has 2 N–H and O–H groups in total. The summed E-state index contributed by atoms with van der Waals surface area (Å²) in [5, 5.41) is 10.9. The number of benzene rings is 2. The van der Waals surface area contributed by atoms with Gasteiger partial charge < -0.3 is 5.73 Å². The molecule has 0 saturated carbocycles. The van der Waals surface area contributed by atoms with Crippen LogP contribution in [0.15, 0.2) is 59.5 Å². The minimum atomic E-state index is -3.85. The van der Waals surface area contributed by atoms with Crippen LogP contribution in [0.4, 0.5) is 5.69 Å². The van der Waals surface area contributed by atoms with E-state index in [-0.39, 0.29) is 10.6 Å². The highest BCUT2D eigenvalue weighted by Crippen LogP contribution is 2.26. The van der Waals surface area contributed by atoms with E-state index in [0.29, 0.717) is 5.56 Å². The fraction of sp³-hybridized carbons (Fsp3) is 0.143. The Morgan fingerprint density at radius 2 is 1.62 bits per heavy atom. The molecule has 7 heteroatoms. The highest BCUT2D eigenvalue weighted by Gasteiger charge is 2.27. The molecule has 0 aliphatic rings. The molecule has 0 fully saturated rings. The van der Waals surface area contributed by atoms with Crippen molar-refractivity contribution in [3.05, 3.63) is 70.3 Å². The number of nitrogens with two attached hydrogens (primary N) is 1. The van der Waals surface area contributed by atoms with Gasteiger partial charge in [-0.05, 0) is 11.6 Å². The van der Waals surface area contributed by atoms with E-state index in [0.717, 1.165) is 0 Å². The second-order valence-corrected chi connectivity index (χ2v) is 6.53. The Hall–Kier alpha value is -2.25. The van der Waals surface area contributed by atoms with Gasteiger partial charge in [-0.1, -0.05) is 42.5 Å². The maximum atomic E-state index is 12.4. The lowest BCUT2D eigenvalue weighted by molar-refractivity contribution is -0.387. The molecule has 2 aromatic carbocycles. The number of nitrogens with zero attached hydrogens (tertiary/aromatic N) is 1. The SMILES string of the molecule is NC(CS(=O)(=O)c1ccccc1[N+](=O)[O-])c1ccccc1. The van der Waals surface area contributed by atoms with Crippen LogP contribution in [0.5, 0.6) is 0 Å². The smallest absolute Gasteiger partial charge is 0.287 e. The van der Waals surface area contributed by atoms with Crippen LogP contribution in [-0.4, -0.2) is 19.1 Å². The quantitative estimate of drug-likeness (QED) is 0.672. The summed E-state index contributed by atoms with van der Waals surface area (Å²) in [7, 11) is -3.85. The largest absolute Gasteiger partial charge is 0.323 e. The van der Waals surface area contributed by atoms with Crippen LogP contribution in [0.3, 0.4) is 0 Å². The maximum Gasteiger partial charge on any atom is 0.287 e. The van der Waals surface area contributed by atoms with Gasteiger partial charge in [-0.2, -0.15) is 0 Å². The fourth-order valence-corrected chi connectivity index (χ4v) is 3.59. The number of nitro benzene ring substituents is 1. The summed E-state index contributed by atoms with van der Waals surface area (Å²) in [6, 6.07) is 13.3. The van der Waals surface area contributed by atoms with Gasteiger partial charge in [0.05, 0.1) is 10.7 Å². The number of hydrogen-bond acceptors (Lipinski definition) is 5. The number of para-hydroxylation sites is 1. The Bertz CT molecular complexity index is 745. The van der Waals surface area contributed by atoms with Crippen LogP contribution >= 0.6 is 0 Å². The van der Waals surface area contributed by atoms with Gasteiger partial charge in [0.2, 0.25) is 0 Å². The van der Waals surface area contributed by atoms with Gasteiger partial charge in [-0.15, -0.1) is 0 Å². The van der Waals surface area contributed by atoms with E-state index in [1.807, 2.05) is 0 Å². The Balaban J connectivity index is 2.34. The molecule has 21 heavy (non-hydrogen) atoms. The zero-order valence-electron chi connectivity index (χ0n) is 11.0. The monoisotopic (exact) mass is 306 g/mol. The molecule has 0 aliphatic heterocycles. The standard InChI is InChI=1S/C14H14N2O4S/c15-12(11-6-2-1-3-7-11)10-21(19,20)14-9-5-4-8-13(14)16(17)18/h1-9,12H,10,15H2. The van der Waals surface area contributed by atoms with Crippen molar-refractivity contribution in [3.63, 3.8) is 0 Å². The molecule has 0 aliphatic carbocycles. The molecule has 0 aromatic heterocycles. The summed E-state index contributed by atoms with van der Waals surface area (Å²) in [5.41, 5.74) is 6.13. The number of rotatable bonds is 5. The predicted molar refractivity (Wildman–Crippen MR) is 78.5 cm³/mol. The van der Waals surface area contributed by atoms with Crippen LogP contribution in [0, 0.1) is 10.1 Å². The predicted octanol–water partition coefficient (Wildman–Crippen LogP) is 2.07. The minimum absolute atomic E-state index is 0.304. The summed E-state index contributed by atoms with van der Waals surface area (Å²) < 4.78 is 24.7. The lowest BCUT2D eigenvalue weighted by Crippen LogP contribution is -2.22. The summed E-state index contributed by atoms with van der Waals surface area (Å²) in [4.78, 5) is 9.92. The van der Waals surface area contributed by atoms with E-state index < -0.39 is 26.5 Å². The molecule has 110 valence electrons. The van der Waals surface area contributed by atoms with Crippen molar-refractivity contribution < 1.29 is 13.3 Å². The summed E-state index contributed by atoms with van der Waals surface area (Å²) in [6.07, 6.45) is 0. The van der Waals surface area contributed by atoms with Crippen LogP contribution in [-0.2, 0) is 9.84 Å². The second kappa shape index (κ2) is 6.02. The second-order valence-electron chi connectivity index (χ2n) is 4.52. The molecule has 2 rings (SSSR count). The lowest BCUT2D eigenvalue weighted by Gasteiger charge is -2.12. The third-order valence-corrected chi connectivity index (χ3v) is 4.84. The van der Waals surface area contributed by atoms with E-state index in [2.05, 4.69) is 0 Å². The highest BCUT2D eigenvalue weighted by molar-refractivity contribution is 7.91. The number of sulfone groups is 1. The zero-order chi connectivity index (χ0) is 15.5. The molecule has 0 heterocycles. The third kappa shape index (κ3) is 3.45. The highest BCUT2D eigenvalue weighted by atomic mass is 32.2. The van der Waals surface area contributed by atoms with Crippen molar-refractivity contribution in [1.29, 1.82) is 0 Å². The van der Waals surface area contributed by atoms with E-state index in [1.165, 1.54) is 24.3 Å². The first kappa shape index (κ1) is 15.1. The van der Waals surface area contributed by atoms with Gasteiger partial charge >= 0.3 is 0 Å². The Labute approximate surface area is 122 Å². The lowest BCUT2D eigenvalue weighted by atomic mass is 10.1. The molecular weight excluding hydrogens is 292 g/mol. The summed E-state index contributed by atoms with van der Waals surface area (Å²) in [6.45, 7) is 0. The molecule has 1 atom stereocenters. The van der Waals surface area contributed by atoms with E-state index in [4.69, 9.17) is 5.73 Å². The number of nitro groups is 1. The molecular formula is C14H14N2O4S. The van der Waals surface area contributed by atoms with Gasteiger partial charge in [0.25, 0.3) is 5.69 Å². The molecule has 0 amide bonds. The molecule has 0 bridgehead atoms. The van der Waals surface area contributed by atoms with Gasteiger partial charge in [-0.3, -0.25) is 10.1 Å². The van der Waals surface area contributed by atoms with Crippen molar-refractivity contribution in [3.8, 4) is 0 Å². The van der Waals surface area contributed by atoms with Gasteiger partial charge in [0.1, 0.15) is 4.90 Å². The van der Waals surface area contributed by atoms with Gasteiger partial charge in [0.15, 0.2) is 9.84 Å². The third-order valence-electron chi connectivity index (χ3n) is 3.02. The summed E-state index contributed by atoms with van der Waals surface area (Å²) >= 11 is 0. The molecule has 0 radical (unpaired) electrons. The van der Waals surface area contributed by atoms with Gasteiger partial charge in [-0.25, -0.2) is 8.42 Å². The Morgan fingerprint density at radius 3 is 2.24 bits per heavy atom. The molecule has 6 nitrogen and oxygen atoms in total. The van der Waals surface area contributed by atoms with Crippen molar-refractivity contribution in [1.82, 2.24) is 0 Å². The topological polar surface area (TPSA) is 103 Å². The average molecular weight is 306 g/mol. The van der Waals surface area contributed by atoms with Crippen LogP contribution in [0.25, 0.3) is 0 Å². The van der Waals surface area contributed by atoms with Crippen LogP contribution in [0.1, 0.15) is 11.6 Å². The van der Waals surface area contributed by atoms with E-state index >= 15 is 0 Å². The Kier molecular flexibility index (Phi) is 4.35. The van der Waals surface area contributed by atoms with Crippen molar-refractivity contribution in [2.45, 2.75) is 10.9 Å². The van der Waals surface area contributed by atoms with Crippen molar-refractivity contribution in [2.24, 2.45) is 5.73 Å².